The molecule has 0 unspecified atom stereocenters. The van der Waals surface area contributed by atoms with Gasteiger partial charge >= 0.3 is 0 Å². The van der Waals surface area contributed by atoms with E-state index in [-0.39, 0.29) is 5.91 Å². The molecule has 0 spiro atoms. The number of hydrogen-bond acceptors (Lipinski definition) is 3. The first kappa shape index (κ1) is 13.8. The summed E-state index contributed by atoms with van der Waals surface area (Å²) in [6.45, 7) is 6.39. The van der Waals surface area contributed by atoms with Crippen LogP contribution in [0.2, 0.25) is 0 Å². The second-order valence-electron chi connectivity index (χ2n) is 5.04. The first-order valence-electron chi connectivity index (χ1n) is 6.10. The quantitative estimate of drug-likeness (QED) is 0.715. The van der Waals surface area contributed by atoms with Crippen LogP contribution >= 0.6 is 11.8 Å². The molecular formula is C12H24N2OS. The van der Waals surface area contributed by atoms with Crippen LogP contribution < -0.4 is 10.6 Å². The van der Waals surface area contributed by atoms with Crippen molar-refractivity contribution in [1.29, 1.82) is 0 Å². The van der Waals surface area contributed by atoms with Crippen LogP contribution in [0.4, 0.5) is 0 Å². The fourth-order valence-electron chi connectivity index (χ4n) is 1.81. The van der Waals surface area contributed by atoms with Gasteiger partial charge in [-0.2, -0.15) is 11.8 Å². The molecule has 0 aromatic rings. The predicted molar refractivity (Wildman–Crippen MR) is 70.8 cm³/mol. The predicted octanol–water partition coefficient (Wildman–Crippen LogP) is 1.63. The summed E-state index contributed by atoms with van der Waals surface area (Å²) in [5.41, 5.74) is 0. The molecule has 0 heterocycles. The first-order chi connectivity index (χ1) is 7.58. The van der Waals surface area contributed by atoms with Gasteiger partial charge in [0, 0.05) is 17.8 Å². The zero-order valence-corrected chi connectivity index (χ0v) is 11.5. The lowest BCUT2D eigenvalue weighted by atomic mass is 9.84. The fraction of sp³-hybridized carbons (Fsp3) is 0.917. The van der Waals surface area contributed by atoms with Crippen molar-refractivity contribution >= 4 is 17.7 Å². The van der Waals surface area contributed by atoms with Gasteiger partial charge in [-0.3, -0.25) is 4.79 Å². The smallest absolute Gasteiger partial charge is 0.233 e. The van der Waals surface area contributed by atoms with Gasteiger partial charge in [-0.15, -0.1) is 0 Å². The molecule has 1 amide bonds. The Labute approximate surface area is 103 Å². The number of thioether (sulfide) groups is 1. The van der Waals surface area contributed by atoms with Gasteiger partial charge in [-0.25, -0.2) is 0 Å². The Bertz CT molecular complexity index is 222. The van der Waals surface area contributed by atoms with Gasteiger partial charge in [0.1, 0.15) is 0 Å². The van der Waals surface area contributed by atoms with E-state index >= 15 is 0 Å². The van der Waals surface area contributed by atoms with E-state index in [4.69, 9.17) is 0 Å². The third-order valence-corrected chi connectivity index (χ3v) is 4.56. The lowest BCUT2D eigenvalue weighted by Crippen LogP contribution is -2.46. The molecule has 1 aliphatic carbocycles. The normalized spacial score (nSPS) is 18.2. The lowest BCUT2D eigenvalue weighted by molar-refractivity contribution is -0.120. The Morgan fingerprint density at radius 2 is 2.12 bits per heavy atom. The fourth-order valence-corrected chi connectivity index (χ4v) is 2.75. The minimum atomic E-state index is 0.115. The number of hydrogen-bond donors (Lipinski definition) is 2. The average molecular weight is 244 g/mol. The highest BCUT2D eigenvalue weighted by Gasteiger charge is 2.35. The Morgan fingerprint density at radius 3 is 2.56 bits per heavy atom. The molecule has 0 atom stereocenters. The summed E-state index contributed by atoms with van der Waals surface area (Å²) in [7, 11) is 0. The van der Waals surface area contributed by atoms with Crippen LogP contribution in [0.5, 0.6) is 0 Å². The Balaban J connectivity index is 2.08. The minimum Gasteiger partial charge on any atom is -0.355 e. The number of rotatable bonds is 7. The van der Waals surface area contributed by atoms with Crippen molar-refractivity contribution in [3.63, 3.8) is 0 Å². The summed E-state index contributed by atoms with van der Waals surface area (Å²) < 4.78 is 0.415. The van der Waals surface area contributed by atoms with E-state index in [0.29, 0.717) is 17.2 Å². The maximum Gasteiger partial charge on any atom is 0.233 e. The largest absolute Gasteiger partial charge is 0.355 e. The van der Waals surface area contributed by atoms with Gasteiger partial charge in [-0.1, -0.05) is 20.3 Å². The zero-order chi connectivity index (χ0) is 12.0. The summed E-state index contributed by atoms with van der Waals surface area (Å²) in [5, 5.41) is 6.18. The van der Waals surface area contributed by atoms with Crippen LogP contribution in [0.15, 0.2) is 0 Å². The molecule has 0 saturated heterocycles. The summed E-state index contributed by atoms with van der Waals surface area (Å²) in [6.07, 6.45) is 6.07. The zero-order valence-electron chi connectivity index (χ0n) is 10.6. The standard InChI is InChI=1S/C12H24N2OS/c1-10(2)7-14-11(15)8-13-9-12(16-3)5-4-6-12/h10,13H,4-9H2,1-3H3,(H,14,15). The van der Waals surface area contributed by atoms with Crippen LogP contribution in [-0.4, -0.2) is 36.5 Å². The summed E-state index contributed by atoms with van der Waals surface area (Å²) in [5.74, 6) is 0.636. The molecule has 3 nitrogen and oxygen atoms in total. The summed E-state index contributed by atoms with van der Waals surface area (Å²) in [6, 6.07) is 0. The summed E-state index contributed by atoms with van der Waals surface area (Å²) >= 11 is 1.93. The van der Waals surface area contributed by atoms with Crippen molar-refractivity contribution < 1.29 is 4.79 Å². The van der Waals surface area contributed by atoms with E-state index in [1.807, 2.05) is 11.8 Å². The van der Waals surface area contributed by atoms with Crippen LogP contribution in [0.3, 0.4) is 0 Å². The third kappa shape index (κ3) is 4.34. The maximum absolute atomic E-state index is 11.4. The highest BCUT2D eigenvalue weighted by atomic mass is 32.2. The highest BCUT2D eigenvalue weighted by Crippen LogP contribution is 2.41. The Kier molecular flexibility index (Phi) is 5.62. The molecule has 0 aromatic carbocycles. The Hall–Kier alpha value is -0.220. The van der Waals surface area contributed by atoms with Gasteiger partial charge in [-0.05, 0) is 25.0 Å². The van der Waals surface area contributed by atoms with Gasteiger partial charge in [0.15, 0.2) is 0 Å². The molecule has 1 saturated carbocycles. The molecule has 0 radical (unpaired) electrons. The van der Waals surface area contributed by atoms with E-state index in [9.17, 15) is 4.79 Å². The molecule has 4 heteroatoms. The number of carbonyl (C=O) groups is 1. The van der Waals surface area contributed by atoms with Gasteiger partial charge < -0.3 is 10.6 Å². The second-order valence-corrected chi connectivity index (χ2v) is 6.32. The second kappa shape index (κ2) is 6.50. The van der Waals surface area contributed by atoms with Crippen LogP contribution in [0, 0.1) is 5.92 Å². The van der Waals surface area contributed by atoms with E-state index in [1.165, 1.54) is 19.3 Å². The maximum atomic E-state index is 11.4. The van der Waals surface area contributed by atoms with Gasteiger partial charge in [0.05, 0.1) is 6.54 Å². The Morgan fingerprint density at radius 1 is 1.44 bits per heavy atom. The minimum absolute atomic E-state index is 0.115. The van der Waals surface area contributed by atoms with E-state index in [0.717, 1.165) is 13.1 Å². The molecule has 0 aliphatic heterocycles. The molecule has 2 N–H and O–H groups in total. The number of amides is 1. The average Bonchev–Trinajstić information content (AvgIpc) is 2.19. The highest BCUT2D eigenvalue weighted by molar-refractivity contribution is 8.00. The van der Waals surface area contributed by atoms with Crippen LogP contribution in [0.1, 0.15) is 33.1 Å². The van der Waals surface area contributed by atoms with Gasteiger partial charge in [0.2, 0.25) is 5.91 Å². The molecule has 1 fully saturated rings. The molecule has 1 rings (SSSR count). The number of nitrogens with one attached hydrogen (secondary N) is 2. The summed E-state index contributed by atoms with van der Waals surface area (Å²) in [4.78, 5) is 11.4. The van der Waals surface area contributed by atoms with Crippen molar-refractivity contribution in [3.05, 3.63) is 0 Å². The van der Waals surface area contributed by atoms with E-state index in [2.05, 4.69) is 30.7 Å². The van der Waals surface area contributed by atoms with Crippen molar-refractivity contribution in [3.8, 4) is 0 Å². The van der Waals surface area contributed by atoms with Gasteiger partial charge in [0.25, 0.3) is 0 Å². The van der Waals surface area contributed by atoms with Crippen LogP contribution in [-0.2, 0) is 4.79 Å². The topological polar surface area (TPSA) is 41.1 Å². The molecule has 0 aromatic heterocycles. The van der Waals surface area contributed by atoms with Crippen LogP contribution in [0.25, 0.3) is 0 Å². The lowest BCUT2D eigenvalue weighted by Gasteiger charge is -2.40. The van der Waals surface area contributed by atoms with Crippen molar-refractivity contribution in [2.24, 2.45) is 5.92 Å². The van der Waals surface area contributed by atoms with Crippen molar-refractivity contribution in [2.45, 2.75) is 37.9 Å². The SMILES string of the molecule is CSC1(CNCC(=O)NCC(C)C)CCC1. The first-order valence-corrected chi connectivity index (χ1v) is 7.33. The van der Waals surface area contributed by atoms with Crippen molar-refractivity contribution in [2.75, 3.05) is 25.9 Å². The molecule has 94 valence electrons. The number of carbonyl (C=O) groups excluding carboxylic acids is 1. The molecular weight excluding hydrogens is 220 g/mol. The molecule has 1 aliphatic rings. The van der Waals surface area contributed by atoms with E-state index < -0.39 is 0 Å². The molecule has 0 bridgehead atoms. The monoisotopic (exact) mass is 244 g/mol. The third-order valence-electron chi connectivity index (χ3n) is 3.14. The molecule has 16 heavy (non-hydrogen) atoms. The van der Waals surface area contributed by atoms with Crippen molar-refractivity contribution in [1.82, 2.24) is 10.6 Å². The van der Waals surface area contributed by atoms with E-state index in [1.54, 1.807) is 0 Å².